The van der Waals surface area contributed by atoms with Crippen LogP contribution in [0.4, 0.5) is 0 Å². The number of hydrogen-bond donors (Lipinski definition) is 2. The van der Waals surface area contributed by atoms with Gasteiger partial charge in [0.25, 0.3) is 5.56 Å². The van der Waals surface area contributed by atoms with E-state index in [1.54, 1.807) is 10.6 Å². The van der Waals surface area contributed by atoms with Crippen molar-refractivity contribution in [3.8, 4) is 0 Å². The standard InChI is InChI=1S/C19H25N3O3/c23-12-11-22-17(20-15-6-2-1-5-14(15)18(22)24)16-7-3-10-21(16)13-19(25)8-4-9-19/h1-2,5-6,16,23,25H,3-4,7-13H2. The van der Waals surface area contributed by atoms with Gasteiger partial charge in [-0.25, -0.2) is 4.98 Å². The molecule has 2 heterocycles. The van der Waals surface area contributed by atoms with Crippen LogP contribution in [0.15, 0.2) is 29.1 Å². The summed E-state index contributed by atoms with van der Waals surface area (Å²) in [6, 6.07) is 7.39. The van der Waals surface area contributed by atoms with Crippen LogP contribution in [0, 0.1) is 0 Å². The highest BCUT2D eigenvalue weighted by atomic mass is 16.3. The van der Waals surface area contributed by atoms with Crippen molar-refractivity contribution < 1.29 is 10.2 Å². The molecule has 2 fully saturated rings. The van der Waals surface area contributed by atoms with Crippen LogP contribution >= 0.6 is 0 Å². The normalized spacial score (nSPS) is 23.0. The van der Waals surface area contributed by atoms with Gasteiger partial charge in [-0.2, -0.15) is 0 Å². The van der Waals surface area contributed by atoms with Crippen LogP contribution in [0.2, 0.25) is 0 Å². The second kappa shape index (κ2) is 6.52. The molecule has 1 unspecified atom stereocenters. The fourth-order valence-electron chi connectivity index (χ4n) is 4.18. The van der Waals surface area contributed by atoms with E-state index in [0.717, 1.165) is 44.5 Å². The van der Waals surface area contributed by atoms with Crippen molar-refractivity contribution in [3.05, 3.63) is 40.4 Å². The molecule has 1 saturated heterocycles. The summed E-state index contributed by atoms with van der Waals surface area (Å²) in [6.45, 7) is 1.71. The Labute approximate surface area is 146 Å². The maximum Gasteiger partial charge on any atom is 0.261 e. The van der Waals surface area contributed by atoms with Crippen molar-refractivity contribution in [2.45, 2.75) is 50.3 Å². The second-order valence-electron chi connectivity index (χ2n) is 7.37. The molecular formula is C19H25N3O3. The minimum Gasteiger partial charge on any atom is -0.395 e. The summed E-state index contributed by atoms with van der Waals surface area (Å²) in [5, 5.41) is 20.6. The smallest absolute Gasteiger partial charge is 0.261 e. The second-order valence-corrected chi connectivity index (χ2v) is 7.37. The molecule has 25 heavy (non-hydrogen) atoms. The van der Waals surface area contributed by atoms with Crippen molar-refractivity contribution >= 4 is 10.9 Å². The molecule has 134 valence electrons. The molecule has 4 rings (SSSR count). The first-order valence-corrected chi connectivity index (χ1v) is 9.18. The fraction of sp³-hybridized carbons (Fsp3) is 0.579. The quantitative estimate of drug-likeness (QED) is 0.859. The van der Waals surface area contributed by atoms with E-state index in [0.29, 0.717) is 17.4 Å². The highest BCUT2D eigenvalue weighted by Crippen LogP contribution is 2.38. The average molecular weight is 343 g/mol. The summed E-state index contributed by atoms with van der Waals surface area (Å²) in [7, 11) is 0. The number of rotatable bonds is 5. The molecule has 1 aromatic carbocycles. The van der Waals surface area contributed by atoms with Gasteiger partial charge in [0.1, 0.15) is 5.82 Å². The van der Waals surface area contributed by atoms with Crippen LogP contribution in [0.25, 0.3) is 10.9 Å². The molecule has 2 aromatic rings. The maximum absolute atomic E-state index is 12.9. The van der Waals surface area contributed by atoms with Gasteiger partial charge in [0.2, 0.25) is 0 Å². The van der Waals surface area contributed by atoms with Crippen molar-refractivity contribution in [1.29, 1.82) is 0 Å². The Morgan fingerprint density at radius 2 is 2.04 bits per heavy atom. The zero-order valence-corrected chi connectivity index (χ0v) is 14.4. The van der Waals surface area contributed by atoms with E-state index >= 15 is 0 Å². The first-order chi connectivity index (χ1) is 12.1. The lowest BCUT2D eigenvalue weighted by molar-refractivity contribution is -0.0620. The van der Waals surface area contributed by atoms with Crippen molar-refractivity contribution in [2.24, 2.45) is 0 Å². The van der Waals surface area contributed by atoms with Crippen LogP contribution in [-0.4, -0.2) is 50.0 Å². The average Bonchev–Trinajstić information content (AvgIpc) is 3.04. The van der Waals surface area contributed by atoms with E-state index in [1.165, 1.54) is 0 Å². The topological polar surface area (TPSA) is 78.6 Å². The fourth-order valence-corrected chi connectivity index (χ4v) is 4.18. The molecule has 0 bridgehead atoms. The molecule has 6 heteroatoms. The summed E-state index contributed by atoms with van der Waals surface area (Å²) < 4.78 is 1.62. The highest BCUT2D eigenvalue weighted by Gasteiger charge is 2.40. The summed E-state index contributed by atoms with van der Waals surface area (Å²) in [5.74, 6) is 0.721. The van der Waals surface area contributed by atoms with Crippen LogP contribution in [-0.2, 0) is 6.54 Å². The van der Waals surface area contributed by atoms with E-state index < -0.39 is 5.60 Å². The van der Waals surface area contributed by atoms with Gasteiger partial charge in [0.05, 0.1) is 35.7 Å². The molecule has 1 atom stereocenters. The van der Waals surface area contributed by atoms with Gasteiger partial charge in [0, 0.05) is 6.54 Å². The van der Waals surface area contributed by atoms with E-state index in [4.69, 9.17) is 4.98 Å². The van der Waals surface area contributed by atoms with Gasteiger partial charge in [-0.1, -0.05) is 12.1 Å². The molecule has 2 aliphatic rings. The molecule has 6 nitrogen and oxygen atoms in total. The molecule has 0 amide bonds. The molecular weight excluding hydrogens is 318 g/mol. The number of hydrogen-bond acceptors (Lipinski definition) is 5. The van der Waals surface area contributed by atoms with Crippen molar-refractivity contribution in [3.63, 3.8) is 0 Å². The number of nitrogens with zero attached hydrogens (tertiary/aromatic N) is 3. The molecule has 0 spiro atoms. The van der Waals surface area contributed by atoms with Crippen molar-refractivity contribution in [1.82, 2.24) is 14.5 Å². The minimum absolute atomic E-state index is 0.0217. The van der Waals surface area contributed by atoms with Crippen LogP contribution < -0.4 is 5.56 Å². The Bertz CT molecular complexity index is 828. The Hall–Kier alpha value is -1.76. The van der Waals surface area contributed by atoms with Gasteiger partial charge in [-0.15, -0.1) is 0 Å². The van der Waals surface area contributed by atoms with Crippen molar-refractivity contribution in [2.75, 3.05) is 19.7 Å². The number of fused-ring (bicyclic) bond motifs is 1. The van der Waals surface area contributed by atoms with Gasteiger partial charge in [-0.05, 0) is 50.8 Å². The summed E-state index contributed by atoms with van der Waals surface area (Å²) in [6.07, 6.45) is 4.74. The molecule has 0 radical (unpaired) electrons. The van der Waals surface area contributed by atoms with E-state index in [1.807, 2.05) is 18.2 Å². The number of likely N-dealkylation sites (tertiary alicyclic amines) is 1. The largest absolute Gasteiger partial charge is 0.395 e. The lowest BCUT2D eigenvalue weighted by Crippen LogP contribution is -2.48. The molecule has 1 saturated carbocycles. The lowest BCUT2D eigenvalue weighted by atomic mass is 9.80. The predicted octanol–water partition coefficient (Wildman–Crippen LogP) is 1.44. The summed E-state index contributed by atoms with van der Waals surface area (Å²) in [4.78, 5) is 20.0. The lowest BCUT2D eigenvalue weighted by Gasteiger charge is -2.41. The number of benzene rings is 1. The number of para-hydroxylation sites is 1. The molecule has 1 aliphatic heterocycles. The van der Waals surface area contributed by atoms with Crippen LogP contribution in [0.3, 0.4) is 0 Å². The van der Waals surface area contributed by atoms with Crippen LogP contribution in [0.1, 0.15) is 44.0 Å². The van der Waals surface area contributed by atoms with Gasteiger partial charge < -0.3 is 10.2 Å². The Morgan fingerprint density at radius 3 is 2.76 bits per heavy atom. The van der Waals surface area contributed by atoms with Crippen LogP contribution in [0.5, 0.6) is 0 Å². The summed E-state index contributed by atoms with van der Waals surface area (Å²) >= 11 is 0. The van der Waals surface area contributed by atoms with E-state index in [9.17, 15) is 15.0 Å². The third kappa shape index (κ3) is 2.99. The SMILES string of the molecule is O=c1c2ccccc2nc(C2CCCN2CC2(O)CCC2)n1CCO. The Balaban J connectivity index is 1.76. The zero-order chi connectivity index (χ0) is 17.4. The Morgan fingerprint density at radius 1 is 1.24 bits per heavy atom. The first-order valence-electron chi connectivity index (χ1n) is 9.18. The number of aliphatic hydroxyl groups excluding tert-OH is 1. The monoisotopic (exact) mass is 343 g/mol. The highest BCUT2D eigenvalue weighted by molar-refractivity contribution is 5.77. The number of aromatic nitrogens is 2. The maximum atomic E-state index is 12.9. The predicted molar refractivity (Wildman–Crippen MR) is 95.4 cm³/mol. The van der Waals surface area contributed by atoms with E-state index in [2.05, 4.69) is 4.90 Å². The third-order valence-electron chi connectivity index (χ3n) is 5.66. The molecule has 2 N–H and O–H groups in total. The Kier molecular flexibility index (Phi) is 4.35. The summed E-state index contributed by atoms with van der Waals surface area (Å²) in [5.41, 5.74) is 0.0244. The zero-order valence-electron chi connectivity index (χ0n) is 14.4. The number of β-amino-alcohol motifs (C(OH)–C–C–N with tert-alkyl or cyclic N) is 1. The van der Waals surface area contributed by atoms with Gasteiger partial charge >= 0.3 is 0 Å². The molecule has 1 aliphatic carbocycles. The third-order valence-corrected chi connectivity index (χ3v) is 5.66. The van der Waals surface area contributed by atoms with Gasteiger partial charge in [-0.3, -0.25) is 14.3 Å². The van der Waals surface area contributed by atoms with Gasteiger partial charge in [0.15, 0.2) is 0 Å². The number of aliphatic hydroxyl groups is 2. The first kappa shape index (κ1) is 16.7. The minimum atomic E-state index is -0.582. The van der Waals surface area contributed by atoms with E-state index in [-0.39, 0.29) is 24.8 Å². The molecule has 1 aromatic heterocycles.